The van der Waals surface area contributed by atoms with Crippen LogP contribution in [0.5, 0.6) is 0 Å². The van der Waals surface area contributed by atoms with E-state index in [1.165, 1.54) is 10.6 Å². The van der Waals surface area contributed by atoms with E-state index in [9.17, 15) is 9.59 Å². The van der Waals surface area contributed by atoms with Crippen LogP contribution in [0, 0.1) is 5.92 Å². The molecule has 204 valence electrons. The molecule has 4 aromatic rings. The number of alkyl halides is 1. The summed E-state index contributed by atoms with van der Waals surface area (Å²) in [5, 5.41) is 6.78. The lowest BCUT2D eigenvalue weighted by atomic mass is 9.86. The van der Waals surface area contributed by atoms with E-state index in [0.29, 0.717) is 28.8 Å². The summed E-state index contributed by atoms with van der Waals surface area (Å²) < 4.78 is 7.36. The standard InChI is InChI=1S/C30H27Cl2N5O3/c1-29(32)13-7-12-23(25(29)27(39)33-18-30(14-15-30)21-10-5-6-11-22(21)31)40-17-20-16-24(38)37-28(34-20)35-26(36-37)19-8-3-2-4-9-19/h2-13,16,25H,14-15,17-18H2,1H3,(H,33,39)(H,34,35,36)/t25-,29?/m0/s1. The Hall–Kier alpha value is -3.88. The Morgan fingerprint density at radius 3 is 2.65 bits per heavy atom. The minimum Gasteiger partial charge on any atom is -0.491 e. The number of benzene rings is 2. The fourth-order valence-electron chi connectivity index (χ4n) is 5.14. The molecule has 0 saturated heterocycles. The van der Waals surface area contributed by atoms with Gasteiger partial charge in [0.25, 0.3) is 11.3 Å². The van der Waals surface area contributed by atoms with Crippen LogP contribution < -0.4 is 10.9 Å². The Morgan fingerprint density at radius 2 is 1.90 bits per heavy atom. The summed E-state index contributed by atoms with van der Waals surface area (Å²) in [7, 11) is 0. The molecule has 0 aliphatic heterocycles. The summed E-state index contributed by atoms with van der Waals surface area (Å²) in [6.07, 6.45) is 7.16. The van der Waals surface area contributed by atoms with Crippen molar-refractivity contribution in [2.45, 2.75) is 36.7 Å². The summed E-state index contributed by atoms with van der Waals surface area (Å²) >= 11 is 13.3. The number of aromatic nitrogens is 4. The molecule has 0 radical (unpaired) electrons. The summed E-state index contributed by atoms with van der Waals surface area (Å²) in [6.45, 7) is 2.20. The van der Waals surface area contributed by atoms with E-state index in [1.807, 2.05) is 54.6 Å². The molecule has 2 N–H and O–H groups in total. The van der Waals surface area contributed by atoms with Crippen LogP contribution in [0.3, 0.4) is 0 Å². The third-order valence-electron chi connectivity index (χ3n) is 7.51. The summed E-state index contributed by atoms with van der Waals surface area (Å²) in [4.78, 5) is 34.3. The number of carbonyl (C=O) groups is 1. The van der Waals surface area contributed by atoms with Crippen molar-refractivity contribution >= 4 is 34.9 Å². The molecule has 2 atom stereocenters. The molecule has 10 heteroatoms. The Bertz CT molecular complexity index is 1700. The molecule has 1 saturated carbocycles. The van der Waals surface area contributed by atoms with E-state index in [-0.39, 0.29) is 29.3 Å². The van der Waals surface area contributed by atoms with Crippen molar-refractivity contribution < 1.29 is 9.53 Å². The highest BCUT2D eigenvalue weighted by atomic mass is 35.5. The molecular formula is C30H27Cl2N5O3. The SMILES string of the molecule is CC1(Cl)C=CC=C(OCc2cc(=O)n3[nH]c(-c4ccccc4)nc3n2)[C@H]1C(=O)NCC1(c2ccccc2Cl)CC1. The number of fused-ring (bicyclic) bond motifs is 1. The van der Waals surface area contributed by atoms with Crippen LogP contribution in [0.1, 0.15) is 31.0 Å². The van der Waals surface area contributed by atoms with Gasteiger partial charge >= 0.3 is 0 Å². The first-order chi connectivity index (χ1) is 19.3. The highest BCUT2D eigenvalue weighted by Gasteiger charge is 2.47. The van der Waals surface area contributed by atoms with Gasteiger partial charge < -0.3 is 10.1 Å². The van der Waals surface area contributed by atoms with E-state index in [1.54, 1.807) is 25.2 Å². The number of nitrogens with zero attached hydrogens (tertiary/aromatic N) is 3. The largest absolute Gasteiger partial charge is 0.491 e. The molecule has 40 heavy (non-hydrogen) atoms. The maximum Gasteiger partial charge on any atom is 0.274 e. The first-order valence-electron chi connectivity index (χ1n) is 13.0. The van der Waals surface area contributed by atoms with Crippen molar-refractivity contribution in [2.24, 2.45) is 5.92 Å². The molecule has 1 fully saturated rings. The summed E-state index contributed by atoms with van der Waals surface area (Å²) in [5.74, 6) is 0.140. The highest BCUT2D eigenvalue weighted by molar-refractivity contribution is 6.31. The van der Waals surface area contributed by atoms with Gasteiger partial charge in [0, 0.05) is 28.6 Å². The predicted octanol–water partition coefficient (Wildman–Crippen LogP) is 5.17. The molecule has 2 heterocycles. The van der Waals surface area contributed by atoms with Crippen molar-refractivity contribution in [3.63, 3.8) is 0 Å². The molecule has 0 spiro atoms. The molecule has 1 unspecified atom stereocenters. The normalized spacial score (nSPS) is 21.2. The Morgan fingerprint density at radius 1 is 1.15 bits per heavy atom. The molecule has 2 aliphatic carbocycles. The van der Waals surface area contributed by atoms with Crippen LogP contribution in [-0.4, -0.2) is 36.9 Å². The number of hydrogen-bond acceptors (Lipinski definition) is 5. The number of ether oxygens (including phenoxy) is 1. The third kappa shape index (κ3) is 5.05. The quantitative estimate of drug-likeness (QED) is 0.282. The zero-order valence-electron chi connectivity index (χ0n) is 21.7. The van der Waals surface area contributed by atoms with Crippen LogP contribution in [-0.2, 0) is 21.6 Å². The Kier molecular flexibility index (Phi) is 6.76. The average molecular weight is 576 g/mol. The van der Waals surface area contributed by atoms with Crippen molar-refractivity contribution in [3.8, 4) is 11.4 Å². The van der Waals surface area contributed by atoms with Gasteiger partial charge in [-0.2, -0.15) is 9.50 Å². The number of amides is 1. The highest BCUT2D eigenvalue weighted by Crippen LogP contribution is 2.50. The Labute approximate surface area is 240 Å². The molecule has 2 aromatic heterocycles. The van der Waals surface area contributed by atoms with Gasteiger partial charge in [-0.15, -0.1) is 11.6 Å². The minimum atomic E-state index is -1.00. The molecule has 8 nitrogen and oxygen atoms in total. The van der Waals surface area contributed by atoms with Crippen molar-refractivity contribution in [1.29, 1.82) is 0 Å². The summed E-state index contributed by atoms with van der Waals surface area (Å²) in [6, 6.07) is 18.6. The number of allylic oxidation sites excluding steroid dienone is 3. The fourth-order valence-corrected chi connectivity index (χ4v) is 5.76. The third-order valence-corrected chi connectivity index (χ3v) is 8.18. The maximum absolute atomic E-state index is 13.5. The second kappa shape index (κ2) is 10.3. The maximum atomic E-state index is 13.5. The molecule has 1 amide bonds. The number of H-pyrrole nitrogens is 1. The van der Waals surface area contributed by atoms with Crippen molar-refractivity contribution in [3.05, 3.63) is 111 Å². The van der Waals surface area contributed by atoms with E-state index in [4.69, 9.17) is 27.9 Å². The van der Waals surface area contributed by atoms with E-state index in [2.05, 4.69) is 20.4 Å². The lowest BCUT2D eigenvalue weighted by molar-refractivity contribution is -0.125. The molecule has 0 bridgehead atoms. The number of carbonyl (C=O) groups excluding carboxylic acids is 1. The molecular weight excluding hydrogens is 549 g/mol. The predicted molar refractivity (Wildman–Crippen MR) is 154 cm³/mol. The van der Waals surface area contributed by atoms with Crippen LogP contribution in [0.4, 0.5) is 0 Å². The fraction of sp³-hybridized carbons (Fsp3) is 0.267. The molecule has 2 aliphatic rings. The number of aromatic amines is 1. The number of nitrogens with one attached hydrogen (secondary N) is 2. The summed E-state index contributed by atoms with van der Waals surface area (Å²) in [5.41, 5.74) is 1.78. The van der Waals surface area contributed by atoms with Gasteiger partial charge in [-0.25, -0.2) is 4.98 Å². The number of hydrogen-bond donors (Lipinski definition) is 2. The van der Waals surface area contributed by atoms with Crippen LogP contribution >= 0.6 is 23.2 Å². The zero-order chi connectivity index (χ0) is 27.9. The molecule has 6 rings (SSSR count). The number of halogens is 2. The first-order valence-corrected chi connectivity index (χ1v) is 13.8. The van der Waals surface area contributed by atoms with Gasteiger partial charge in [0.1, 0.15) is 18.3 Å². The van der Waals surface area contributed by atoms with Gasteiger partial charge in [0.15, 0.2) is 5.82 Å². The van der Waals surface area contributed by atoms with Gasteiger partial charge in [0.05, 0.1) is 10.6 Å². The topological polar surface area (TPSA) is 101 Å². The van der Waals surface area contributed by atoms with Crippen LogP contribution in [0.15, 0.2) is 89.4 Å². The van der Waals surface area contributed by atoms with Crippen molar-refractivity contribution in [1.82, 2.24) is 24.9 Å². The second-order valence-electron chi connectivity index (χ2n) is 10.4. The smallest absolute Gasteiger partial charge is 0.274 e. The van der Waals surface area contributed by atoms with Gasteiger partial charge in [-0.3, -0.25) is 14.7 Å². The first kappa shape index (κ1) is 26.3. The van der Waals surface area contributed by atoms with E-state index >= 15 is 0 Å². The Balaban J connectivity index is 1.18. The number of rotatable bonds is 8. The van der Waals surface area contributed by atoms with Crippen LogP contribution in [0.2, 0.25) is 5.02 Å². The van der Waals surface area contributed by atoms with Gasteiger partial charge in [0.2, 0.25) is 5.91 Å². The minimum absolute atomic E-state index is 0.0285. The molecule has 2 aromatic carbocycles. The van der Waals surface area contributed by atoms with Gasteiger partial charge in [-0.1, -0.05) is 72.3 Å². The van der Waals surface area contributed by atoms with Gasteiger partial charge in [-0.05, 0) is 37.5 Å². The van der Waals surface area contributed by atoms with E-state index < -0.39 is 10.8 Å². The van der Waals surface area contributed by atoms with E-state index in [0.717, 1.165) is 24.0 Å². The van der Waals surface area contributed by atoms with Crippen LogP contribution in [0.25, 0.3) is 17.2 Å². The lowest BCUT2D eigenvalue weighted by Crippen LogP contribution is -2.45. The monoisotopic (exact) mass is 575 g/mol. The van der Waals surface area contributed by atoms with Crippen molar-refractivity contribution in [2.75, 3.05) is 6.54 Å². The zero-order valence-corrected chi connectivity index (χ0v) is 23.2. The lowest BCUT2D eigenvalue weighted by Gasteiger charge is -2.33. The second-order valence-corrected chi connectivity index (χ2v) is 11.7. The average Bonchev–Trinajstić information content (AvgIpc) is 3.60.